The maximum absolute atomic E-state index is 11.4. The van der Waals surface area contributed by atoms with Crippen LogP contribution in [0.4, 0.5) is 0 Å². The Hall–Kier alpha value is -1.35. The van der Waals surface area contributed by atoms with Gasteiger partial charge in [-0.2, -0.15) is 0 Å². The van der Waals surface area contributed by atoms with Crippen molar-refractivity contribution in [3.05, 3.63) is 35.9 Å². The molecule has 2 atom stereocenters. The lowest BCUT2D eigenvalue weighted by Gasteiger charge is -2.26. The molecule has 1 aromatic carbocycles. The predicted octanol–water partition coefficient (Wildman–Crippen LogP) is 2.73. The molecule has 1 fully saturated rings. The first-order chi connectivity index (χ1) is 8.68. The molecule has 1 aliphatic heterocycles. The summed E-state index contributed by atoms with van der Waals surface area (Å²) in [5.74, 6) is -0.396. The number of rotatable bonds is 5. The van der Waals surface area contributed by atoms with Gasteiger partial charge in [-0.25, -0.2) is 0 Å². The zero-order valence-electron chi connectivity index (χ0n) is 10.9. The smallest absolute Gasteiger partial charge is 0.320 e. The fourth-order valence-corrected chi connectivity index (χ4v) is 2.71. The molecule has 0 bridgehead atoms. The number of benzene rings is 1. The highest BCUT2D eigenvalue weighted by atomic mass is 16.4. The van der Waals surface area contributed by atoms with Crippen molar-refractivity contribution in [3.63, 3.8) is 0 Å². The van der Waals surface area contributed by atoms with E-state index in [1.54, 1.807) is 0 Å². The Morgan fingerprint density at radius 2 is 1.89 bits per heavy atom. The highest BCUT2D eigenvalue weighted by Gasteiger charge is 2.29. The number of carbonyl (C=O) groups is 1. The summed E-state index contributed by atoms with van der Waals surface area (Å²) < 4.78 is 0. The second-order valence-electron chi connectivity index (χ2n) is 5.14. The van der Waals surface area contributed by atoms with Crippen molar-refractivity contribution in [3.8, 4) is 0 Å². The summed E-state index contributed by atoms with van der Waals surface area (Å²) in [5.41, 5.74) is 1.22. The molecule has 1 N–H and O–H groups in total. The number of hydrogen-bond donors (Lipinski definition) is 1. The van der Waals surface area contributed by atoms with Crippen LogP contribution in [0.3, 0.4) is 0 Å². The van der Waals surface area contributed by atoms with Crippen molar-refractivity contribution >= 4 is 5.97 Å². The third kappa shape index (κ3) is 3.10. The van der Waals surface area contributed by atoms with Crippen LogP contribution in [0.25, 0.3) is 0 Å². The third-order valence-corrected chi connectivity index (χ3v) is 3.81. The van der Waals surface area contributed by atoms with Crippen LogP contribution in [-0.4, -0.2) is 35.1 Å². The van der Waals surface area contributed by atoms with Gasteiger partial charge >= 0.3 is 5.97 Å². The zero-order chi connectivity index (χ0) is 13.0. The van der Waals surface area contributed by atoms with Gasteiger partial charge in [0.1, 0.15) is 6.04 Å². The van der Waals surface area contributed by atoms with Crippen LogP contribution in [0.1, 0.15) is 37.7 Å². The lowest BCUT2D eigenvalue weighted by atomic mass is 9.93. The van der Waals surface area contributed by atoms with Gasteiger partial charge in [-0.05, 0) is 43.8 Å². The molecule has 3 heteroatoms. The van der Waals surface area contributed by atoms with E-state index in [1.165, 1.54) is 5.56 Å². The third-order valence-electron chi connectivity index (χ3n) is 3.81. The molecule has 98 valence electrons. The summed E-state index contributed by atoms with van der Waals surface area (Å²) in [6.45, 7) is 3.97. The Kier molecular flexibility index (Phi) is 4.37. The van der Waals surface area contributed by atoms with E-state index in [2.05, 4.69) is 24.0 Å². The van der Waals surface area contributed by atoms with Gasteiger partial charge in [0.15, 0.2) is 0 Å². The van der Waals surface area contributed by atoms with Gasteiger partial charge in [-0.15, -0.1) is 0 Å². The van der Waals surface area contributed by atoms with Crippen LogP contribution in [0.15, 0.2) is 30.3 Å². The number of likely N-dealkylation sites (tertiary alicyclic amines) is 1. The van der Waals surface area contributed by atoms with Crippen molar-refractivity contribution in [2.45, 2.75) is 38.1 Å². The van der Waals surface area contributed by atoms with E-state index in [1.807, 2.05) is 18.2 Å². The molecule has 18 heavy (non-hydrogen) atoms. The topological polar surface area (TPSA) is 40.5 Å². The minimum Gasteiger partial charge on any atom is -0.480 e. The van der Waals surface area contributed by atoms with E-state index in [-0.39, 0.29) is 12.0 Å². The quantitative estimate of drug-likeness (QED) is 0.869. The maximum Gasteiger partial charge on any atom is 0.320 e. The summed E-state index contributed by atoms with van der Waals surface area (Å²) in [6.07, 6.45) is 2.95. The van der Waals surface area contributed by atoms with Gasteiger partial charge in [0.25, 0.3) is 0 Å². The van der Waals surface area contributed by atoms with Crippen molar-refractivity contribution in [1.29, 1.82) is 0 Å². The van der Waals surface area contributed by atoms with Crippen LogP contribution in [-0.2, 0) is 4.79 Å². The molecule has 2 rings (SSSR count). The first-order valence-corrected chi connectivity index (χ1v) is 6.70. The Morgan fingerprint density at radius 1 is 1.28 bits per heavy atom. The Balaban J connectivity index is 2.02. The van der Waals surface area contributed by atoms with Gasteiger partial charge in [0.2, 0.25) is 0 Å². The summed E-state index contributed by atoms with van der Waals surface area (Å²) >= 11 is 0. The fraction of sp³-hybridized carbons (Fsp3) is 0.533. The molecule has 1 aromatic rings. The minimum absolute atomic E-state index is 0.285. The fourth-order valence-electron chi connectivity index (χ4n) is 2.71. The van der Waals surface area contributed by atoms with E-state index in [9.17, 15) is 9.90 Å². The largest absolute Gasteiger partial charge is 0.480 e. The molecular formula is C15H21NO2. The highest BCUT2D eigenvalue weighted by Crippen LogP contribution is 2.24. The number of hydrogen-bond acceptors (Lipinski definition) is 2. The second kappa shape index (κ2) is 6.01. The molecule has 0 saturated carbocycles. The Labute approximate surface area is 108 Å². The summed E-state index contributed by atoms with van der Waals surface area (Å²) in [7, 11) is 0. The Bertz CT molecular complexity index is 385. The lowest BCUT2D eigenvalue weighted by molar-refractivity contribution is -0.143. The molecule has 1 saturated heterocycles. The standard InChI is InChI=1S/C15H21NO2/c1-12(13-7-3-2-4-8-13)11-14(15(17)18)16-9-5-6-10-16/h2-4,7-8,12,14H,5-6,9-11H2,1H3,(H,17,18). The SMILES string of the molecule is CC(CC(C(=O)O)N1CCCC1)c1ccccc1. The Morgan fingerprint density at radius 3 is 2.44 bits per heavy atom. The van der Waals surface area contributed by atoms with Crippen LogP contribution in [0.5, 0.6) is 0 Å². The monoisotopic (exact) mass is 247 g/mol. The molecule has 0 aromatic heterocycles. The highest BCUT2D eigenvalue weighted by molar-refractivity contribution is 5.73. The predicted molar refractivity (Wildman–Crippen MR) is 71.7 cm³/mol. The summed E-state index contributed by atoms with van der Waals surface area (Å²) in [6, 6.07) is 9.84. The van der Waals surface area contributed by atoms with Gasteiger partial charge in [0.05, 0.1) is 0 Å². The van der Waals surface area contributed by atoms with Crippen LogP contribution >= 0.6 is 0 Å². The van der Waals surface area contributed by atoms with E-state index in [0.29, 0.717) is 6.42 Å². The zero-order valence-corrected chi connectivity index (χ0v) is 10.9. The molecule has 0 amide bonds. The van der Waals surface area contributed by atoms with E-state index in [4.69, 9.17) is 0 Å². The molecule has 1 aliphatic rings. The number of aliphatic carboxylic acids is 1. The summed E-state index contributed by atoms with van der Waals surface area (Å²) in [4.78, 5) is 13.5. The molecule has 0 radical (unpaired) electrons. The molecule has 2 unspecified atom stereocenters. The number of carboxylic acid groups (broad SMARTS) is 1. The molecular weight excluding hydrogens is 226 g/mol. The normalized spacial score (nSPS) is 19.6. The van der Waals surface area contributed by atoms with Gasteiger partial charge in [-0.3, -0.25) is 9.69 Å². The van der Waals surface area contributed by atoms with Gasteiger partial charge in [0, 0.05) is 0 Å². The van der Waals surface area contributed by atoms with E-state index < -0.39 is 5.97 Å². The van der Waals surface area contributed by atoms with Crippen molar-refractivity contribution in [2.75, 3.05) is 13.1 Å². The van der Waals surface area contributed by atoms with Crippen LogP contribution in [0.2, 0.25) is 0 Å². The average molecular weight is 247 g/mol. The minimum atomic E-state index is -0.681. The molecule has 0 spiro atoms. The molecule has 3 nitrogen and oxygen atoms in total. The van der Waals surface area contributed by atoms with Crippen LogP contribution in [0, 0.1) is 0 Å². The summed E-state index contributed by atoms with van der Waals surface area (Å²) in [5, 5.41) is 9.39. The lowest BCUT2D eigenvalue weighted by Crippen LogP contribution is -2.40. The first kappa shape index (κ1) is 13.1. The molecule has 0 aliphatic carbocycles. The van der Waals surface area contributed by atoms with Crippen molar-refractivity contribution < 1.29 is 9.90 Å². The van der Waals surface area contributed by atoms with Gasteiger partial charge < -0.3 is 5.11 Å². The van der Waals surface area contributed by atoms with Crippen molar-refractivity contribution in [2.24, 2.45) is 0 Å². The first-order valence-electron chi connectivity index (χ1n) is 6.70. The molecule has 1 heterocycles. The average Bonchev–Trinajstić information content (AvgIpc) is 2.90. The number of nitrogens with zero attached hydrogens (tertiary/aromatic N) is 1. The van der Waals surface area contributed by atoms with Crippen LogP contribution < -0.4 is 0 Å². The van der Waals surface area contributed by atoms with E-state index in [0.717, 1.165) is 25.9 Å². The van der Waals surface area contributed by atoms with E-state index >= 15 is 0 Å². The second-order valence-corrected chi connectivity index (χ2v) is 5.14. The van der Waals surface area contributed by atoms with Crippen molar-refractivity contribution in [1.82, 2.24) is 4.90 Å². The number of carboxylic acids is 1. The van der Waals surface area contributed by atoms with Gasteiger partial charge in [-0.1, -0.05) is 37.3 Å². The maximum atomic E-state index is 11.4.